The number of unbranched alkanes of at least 4 members (excludes halogenated alkanes) is 8. The van der Waals surface area contributed by atoms with Gasteiger partial charge in [0.15, 0.2) is 0 Å². The Morgan fingerprint density at radius 1 is 0.379 bits per heavy atom. The standard InChI is InChI=1S/C101H95NO/c1-11-13-15-17-25-49-101(50-26-18-16-14-12-2)82-30-22-19-27-68(82)71-44-39-65(55-89(71)101)64-38-43-69-70-45-40-67(56-86(70)100(9,10)85(69)54-64)79-57-77-61(4)76-53-66(41-46-73(76)93(77)96-74-28-20-23-31-90(74)102-97(79)96)78(63-36-33-60(3)34-37-63)51-62-35-42-72-80-58-88-81(59-87(80)99(7,8)84(72)52-62)94-83(98(88,5)6)47-48-92-95(94)75-29-21-24-32-91(75)103-92/h19-24,27-48,52-59,61,78,102H,11-18,25-26,49-51H2,1-10H3. The predicted molar refractivity (Wildman–Crippen MR) is 436 cm³/mol. The van der Waals surface area contributed by atoms with Crippen LogP contribution in [0.25, 0.3) is 122 Å². The number of aryl methyl sites for hydroxylation is 1. The summed E-state index contributed by atoms with van der Waals surface area (Å²) in [6.45, 7) is 24.0. The lowest BCUT2D eigenvalue weighted by atomic mass is 9.70. The normalized spacial score (nSPS) is 16.3. The van der Waals surface area contributed by atoms with Gasteiger partial charge >= 0.3 is 0 Å². The lowest BCUT2D eigenvalue weighted by Crippen LogP contribution is -2.25. The molecule has 2 atom stereocenters. The molecule has 0 aliphatic heterocycles. The maximum Gasteiger partial charge on any atom is 0.136 e. The van der Waals surface area contributed by atoms with Gasteiger partial charge in [0.25, 0.3) is 0 Å². The molecule has 5 aliphatic rings. The summed E-state index contributed by atoms with van der Waals surface area (Å²) in [5.41, 5.74) is 42.6. The summed E-state index contributed by atoms with van der Waals surface area (Å²) in [6, 6.07) is 86.2. The van der Waals surface area contributed by atoms with E-state index in [0.29, 0.717) is 0 Å². The first kappa shape index (κ1) is 64.1. The Balaban J connectivity index is 0.654. The van der Waals surface area contributed by atoms with Gasteiger partial charge < -0.3 is 9.40 Å². The van der Waals surface area contributed by atoms with E-state index in [1.54, 1.807) is 11.1 Å². The number of fused-ring (bicyclic) bond motifs is 23. The Morgan fingerprint density at radius 2 is 0.932 bits per heavy atom. The number of rotatable bonds is 18. The molecule has 2 heteroatoms. The Morgan fingerprint density at radius 3 is 1.67 bits per heavy atom. The highest BCUT2D eigenvalue weighted by Crippen LogP contribution is 2.61. The second-order valence-electron chi connectivity index (χ2n) is 33.4. The molecule has 0 fully saturated rings. The molecule has 0 saturated carbocycles. The monoisotopic (exact) mass is 1340 g/mol. The van der Waals surface area contributed by atoms with Crippen molar-refractivity contribution >= 4 is 43.7 Å². The fourth-order valence-corrected chi connectivity index (χ4v) is 20.8. The molecular weight excluding hydrogens is 1240 g/mol. The van der Waals surface area contributed by atoms with E-state index in [1.807, 2.05) is 0 Å². The predicted octanol–water partition coefficient (Wildman–Crippen LogP) is 28.3. The van der Waals surface area contributed by atoms with Crippen molar-refractivity contribution in [2.75, 3.05) is 0 Å². The molecule has 0 saturated heterocycles. The van der Waals surface area contributed by atoms with Crippen LogP contribution in [0.15, 0.2) is 223 Å². The third-order valence-corrected chi connectivity index (χ3v) is 26.5. The van der Waals surface area contributed by atoms with Crippen LogP contribution >= 0.6 is 0 Å². The second-order valence-corrected chi connectivity index (χ2v) is 33.4. The van der Waals surface area contributed by atoms with Crippen LogP contribution < -0.4 is 0 Å². The van der Waals surface area contributed by atoms with Crippen molar-refractivity contribution in [2.45, 2.75) is 186 Å². The van der Waals surface area contributed by atoms with Crippen LogP contribution in [0, 0.1) is 6.92 Å². The van der Waals surface area contributed by atoms with E-state index in [2.05, 4.69) is 293 Å². The van der Waals surface area contributed by atoms with Gasteiger partial charge in [0.2, 0.25) is 0 Å². The highest BCUT2D eigenvalue weighted by Gasteiger charge is 2.46. The number of H-pyrrole nitrogens is 1. The van der Waals surface area contributed by atoms with Crippen molar-refractivity contribution in [1.29, 1.82) is 0 Å². The molecule has 0 spiro atoms. The van der Waals surface area contributed by atoms with Crippen LogP contribution in [-0.4, -0.2) is 4.98 Å². The lowest BCUT2D eigenvalue weighted by molar-refractivity contribution is 0.399. The second kappa shape index (κ2) is 23.9. The molecule has 19 rings (SSSR count). The molecule has 0 radical (unpaired) electrons. The number of aromatic amines is 1. The summed E-state index contributed by atoms with van der Waals surface area (Å²) in [4.78, 5) is 4.06. The molecule has 0 amide bonds. The minimum absolute atomic E-state index is 0.0458. The van der Waals surface area contributed by atoms with Gasteiger partial charge in [-0.2, -0.15) is 0 Å². The van der Waals surface area contributed by atoms with E-state index in [1.165, 1.54) is 254 Å². The zero-order chi connectivity index (χ0) is 70.0. The van der Waals surface area contributed by atoms with Gasteiger partial charge in [-0.05, 0) is 225 Å². The minimum Gasteiger partial charge on any atom is -0.456 e. The van der Waals surface area contributed by atoms with E-state index < -0.39 is 0 Å². The Kier molecular flexibility index (Phi) is 14.9. The number of furan rings is 1. The maximum atomic E-state index is 6.52. The Labute approximate surface area is 609 Å². The van der Waals surface area contributed by atoms with Crippen LogP contribution in [0.2, 0.25) is 0 Å². The maximum absolute atomic E-state index is 6.52. The van der Waals surface area contributed by atoms with Crippen LogP contribution in [0.3, 0.4) is 0 Å². The largest absolute Gasteiger partial charge is 0.456 e. The third kappa shape index (κ3) is 9.63. The summed E-state index contributed by atoms with van der Waals surface area (Å²) < 4.78 is 6.52. The minimum atomic E-state index is -0.217. The Hall–Kier alpha value is -9.76. The summed E-state index contributed by atoms with van der Waals surface area (Å²) in [6.07, 6.45) is 16.4. The lowest BCUT2D eigenvalue weighted by Gasteiger charge is -2.33. The quantitative estimate of drug-likeness (QED) is 0.0853. The van der Waals surface area contributed by atoms with Crippen molar-refractivity contribution in [3.8, 4) is 77.9 Å². The highest BCUT2D eigenvalue weighted by molar-refractivity contribution is 6.20. The van der Waals surface area contributed by atoms with Crippen molar-refractivity contribution < 1.29 is 4.42 Å². The topological polar surface area (TPSA) is 28.9 Å². The third-order valence-electron chi connectivity index (χ3n) is 26.5. The van der Waals surface area contributed by atoms with Crippen LogP contribution in [0.1, 0.15) is 229 Å². The van der Waals surface area contributed by atoms with E-state index in [4.69, 9.17) is 4.42 Å². The van der Waals surface area contributed by atoms with E-state index >= 15 is 0 Å². The first-order valence-corrected chi connectivity index (χ1v) is 39.2. The zero-order valence-corrected chi connectivity index (χ0v) is 62.0. The molecule has 14 aromatic rings. The molecule has 12 aromatic carbocycles. The van der Waals surface area contributed by atoms with Gasteiger partial charge in [0.05, 0.1) is 5.52 Å². The Bertz CT molecular complexity index is 5820. The van der Waals surface area contributed by atoms with E-state index in [-0.39, 0.29) is 33.5 Å². The number of aromatic nitrogens is 1. The van der Waals surface area contributed by atoms with Gasteiger partial charge in [-0.1, -0.05) is 296 Å². The molecule has 1 N–H and O–H groups in total. The van der Waals surface area contributed by atoms with E-state index in [0.717, 1.165) is 17.6 Å². The smallest absolute Gasteiger partial charge is 0.136 e. The number of hydrogen-bond acceptors (Lipinski definition) is 1. The fourth-order valence-electron chi connectivity index (χ4n) is 20.8. The zero-order valence-electron chi connectivity index (χ0n) is 62.0. The van der Waals surface area contributed by atoms with Gasteiger partial charge in [0.1, 0.15) is 11.2 Å². The number of hydrogen-bond donors (Lipinski definition) is 1. The summed E-state index contributed by atoms with van der Waals surface area (Å²) in [7, 11) is 0. The average Bonchev–Trinajstić information content (AvgIpc) is 1.54. The molecular formula is C101H95NO. The highest BCUT2D eigenvalue weighted by atomic mass is 16.3. The van der Waals surface area contributed by atoms with Crippen molar-refractivity contribution in [1.82, 2.24) is 4.98 Å². The molecule has 510 valence electrons. The van der Waals surface area contributed by atoms with Crippen LogP contribution in [-0.2, 0) is 28.1 Å². The number of benzene rings is 12. The molecule has 2 heterocycles. The summed E-state index contributed by atoms with van der Waals surface area (Å²) in [5.74, 6) is 0.333. The fraction of sp³-hybridized carbons (Fsp3) is 0.287. The van der Waals surface area contributed by atoms with Gasteiger partial charge in [-0.3, -0.25) is 0 Å². The number of nitrogens with one attached hydrogen (secondary N) is 1. The van der Waals surface area contributed by atoms with Gasteiger partial charge in [-0.25, -0.2) is 0 Å². The van der Waals surface area contributed by atoms with Crippen molar-refractivity contribution in [3.05, 3.63) is 296 Å². The molecule has 2 nitrogen and oxygen atoms in total. The molecule has 0 bridgehead atoms. The van der Waals surface area contributed by atoms with Gasteiger partial charge in [0, 0.05) is 66.1 Å². The van der Waals surface area contributed by atoms with E-state index in [9.17, 15) is 0 Å². The summed E-state index contributed by atoms with van der Waals surface area (Å²) >= 11 is 0. The van der Waals surface area contributed by atoms with Gasteiger partial charge in [-0.15, -0.1) is 0 Å². The van der Waals surface area contributed by atoms with Crippen molar-refractivity contribution in [2.24, 2.45) is 0 Å². The average molecular weight is 1340 g/mol. The first-order chi connectivity index (χ1) is 50.0. The molecule has 2 unspecified atom stereocenters. The molecule has 5 aliphatic carbocycles. The first-order valence-electron chi connectivity index (χ1n) is 39.2. The number of para-hydroxylation sites is 2. The van der Waals surface area contributed by atoms with Crippen LogP contribution in [0.4, 0.5) is 0 Å². The SMILES string of the molecule is CCCCCCCC1(CCCCCCC)c2ccccc2-c2ccc(-c3ccc4c(c3)C(C)(C)c3cc(-c5cc6c(c7c5[nH]c5ccccc57)-c5ccc(C(Cc7ccc8c(c7)C(C)(C)c7cc9c(cc7-8)C(C)(C)c7ccc8oc%10ccccc%10c8c7-9)c7ccc(C)cc7)cc5C6C)ccc3-4)cc21. The summed E-state index contributed by atoms with van der Waals surface area (Å²) in [5, 5.41) is 5.05. The van der Waals surface area contributed by atoms with Crippen molar-refractivity contribution in [3.63, 3.8) is 0 Å². The molecule has 103 heavy (non-hydrogen) atoms. The molecule has 2 aromatic heterocycles. The van der Waals surface area contributed by atoms with Crippen LogP contribution in [0.5, 0.6) is 0 Å².